The van der Waals surface area contributed by atoms with Crippen LogP contribution in [0.2, 0.25) is 16.6 Å². The second-order valence-corrected chi connectivity index (χ2v) is 12.9. The summed E-state index contributed by atoms with van der Waals surface area (Å²) in [5.74, 6) is -0.243. The smallest absolute Gasteiger partial charge is 0.323 e. The van der Waals surface area contributed by atoms with Crippen LogP contribution >= 0.6 is 0 Å². The highest BCUT2D eigenvalue weighted by Crippen LogP contribution is 2.42. The maximum atomic E-state index is 11.6. The fourth-order valence-electron chi connectivity index (χ4n) is 3.85. The first-order chi connectivity index (χ1) is 11.7. The lowest BCUT2D eigenvalue weighted by Crippen LogP contribution is -2.48. The lowest BCUT2D eigenvalue weighted by molar-refractivity contribution is -0.118. The van der Waals surface area contributed by atoms with E-state index in [9.17, 15) is 4.79 Å². The summed E-state index contributed by atoms with van der Waals surface area (Å²) in [4.78, 5) is 14.4. The van der Waals surface area contributed by atoms with Gasteiger partial charge >= 0.3 is 6.21 Å². The highest BCUT2D eigenvalue weighted by molar-refractivity contribution is 6.77. The molecule has 0 unspecified atom stereocenters. The molecule has 0 spiro atoms. The third-order valence-corrected chi connectivity index (χ3v) is 10.9. The van der Waals surface area contributed by atoms with E-state index in [-0.39, 0.29) is 18.3 Å². The number of ether oxygens (including phenoxy) is 1. The van der Waals surface area contributed by atoms with Crippen molar-refractivity contribution in [2.45, 2.75) is 83.5 Å². The third kappa shape index (κ3) is 7.78. The van der Waals surface area contributed by atoms with E-state index in [1.807, 2.05) is 0 Å². The second-order valence-electron chi connectivity index (χ2n) is 7.47. The van der Waals surface area contributed by atoms with Crippen molar-refractivity contribution in [3.8, 4) is 0 Å². The van der Waals surface area contributed by atoms with Crippen molar-refractivity contribution in [3.63, 3.8) is 0 Å². The van der Waals surface area contributed by atoms with Gasteiger partial charge in [-0.2, -0.15) is 4.79 Å². The van der Waals surface area contributed by atoms with Gasteiger partial charge < -0.3 is 14.7 Å². The molecule has 0 N–H and O–H groups in total. The number of hydrogen-bond donors (Lipinski definition) is 0. The van der Waals surface area contributed by atoms with Gasteiger partial charge in [0.05, 0.1) is 12.7 Å². The second kappa shape index (κ2) is 12.3. The van der Waals surface area contributed by atoms with E-state index in [0.717, 1.165) is 19.1 Å². The molecule has 25 heavy (non-hydrogen) atoms. The van der Waals surface area contributed by atoms with Crippen LogP contribution in [0.3, 0.4) is 0 Å². The molecule has 0 saturated carbocycles. The van der Waals surface area contributed by atoms with Crippen LogP contribution in [0, 0.1) is 0 Å². The van der Waals surface area contributed by atoms with E-state index in [0.29, 0.717) is 29.8 Å². The summed E-state index contributed by atoms with van der Waals surface area (Å²) >= 11 is 0. The van der Waals surface area contributed by atoms with Crippen LogP contribution in [0.15, 0.2) is 12.7 Å². The van der Waals surface area contributed by atoms with Crippen LogP contribution in [0.4, 0.5) is 0 Å². The summed E-state index contributed by atoms with van der Waals surface area (Å²) in [7, 11) is -1.85. The van der Waals surface area contributed by atoms with Crippen molar-refractivity contribution in [1.82, 2.24) is 0 Å². The average Bonchev–Trinajstić information content (AvgIpc) is 2.51. The molecule has 0 aromatic heterocycles. The Morgan fingerprint density at radius 3 is 2.16 bits per heavy atom. The SMILES string of the molecule is C=CCO[C@@H](CCCO[Si](C(C)C)(C(C)C)C(C)C)CC(=O)C=[N+]=[N-]. The molecule has 0 bridgehead atoms. The standard InChI is InChI=1S/C19H36N2O3Si/c1-8-11-23-19(13-18(22)14-21-20)10-9-12-24-25(15(2)3,16(4)5)17(6)7/h8,14-17,19H,1,9-13H2,2-7H3/t19-/m0/s1. The van der Waals surface area contributed by atoms with Crippen LogP contribution < -0.4 is 0 Å². The van der Waals surface area contributed by atoms with Crippen LogP contribution in [0.25, 0.3) is 5.53 Å². The van der Waals surface area contributed by atoms with Gasteiger partial charge in [-0.25, -0.2) is 0 Å². The van der Waals surface area contributed by atoms with Gasteiger partial charge in [-0.3, -0.25) is 4.79 Å². The first-order valence-corrected chi connectivity index (χ1v) is 11.4. The number of hydrogen-bond acceptors (Lipinski definition) is 3. The molecular formula is C19H36N2O3Si. The van der Waals surface area contributed by atoms with Crippen LogP contribution in [0.1, 0.15) is 60.8 Å². The quantitative estimate of drug-likeness (QED) is 0.110. The van der Waals surface area contributed by atoms with Crippen molar-refractivity contribution in [2.75, 3.05) is 13.2 Å². The molecule has 0 amide bonds. The van der Waals surface area contributed by atoms with E-state index in [2.05, 4.69) is 52.9 Å². The Bertz CT molecular complexity index is 436. The normalized spacial score (nSPS) is 13.2. The van der Waals surface area contributed by atoms with Crippen molar-refractivity contribution >= 4 is 20.3 Å². The maximum Gasteiger partial charge on any atom is 0.323 e. The minimum absolute atomic E-state index is 0.207. The molecule has 6 heteroatoms. The Morgan fingerprint density at radius 2 is 1.72 bits per heavy atom. The zero-order valence-corrected chi connectivity index (χ0v) is 17.8. The number of nitrogens with zero attached hydrogens (tertiary/aromatic N) is 2. The maximum absolute atomic E-state index is 11.6. The molecule has 0 aliphatic rings. The number of Topliss-reactive ketones (excluding diaryl/α,β-unsaturated/α-hetero) is 1. The minimum atomic E-state index is -1.85. The first-order valence-electron chi connectivity index (χ1n) is 9.28. The van der Waals surface area contributed by atoms with Crippen LogP contribution in [-0.2, 0) is 14.0 Å². The lowest BCUT2D eigenvalue weighted by Gasteiger charge is -2.42. The Balaban J connectivity index is 4.71. The van der Waals surface area contributed by atoms with Gasteiger partial charge in [0.25, 0.3) is 0 Å². The highest BCUT2D eigenvalue weighted by atomic mass is 28.4. The van der Waals surface area contributed by atoms with Gasteiger partial charge in [0.15, 0.2) is 8.32 Å². The van der Waals surface area contributed by atoms with Crippen molar-refractivity contribution < 1.29 is 18.7 Å². The van der Waals surface area contributed by atoms with Crippen LogP contribution in [-0.4, -0.2) is 44.4 Å². The monoisotopic (exact) mass is 368 g/mol. The largest absolute Gasteiger partial charge is 0.416 e. The molecular weight excluding hydrogens is 332 g/mol. The first kappa shape index (κ1) is 23.9. The molecule has 5 nitrogen and oxygen atoms in total. The molecule has 0 rings (SSSR count). The molecule has 0 fully saturated rings. The Labute approximate surface area is 154 Å². The summed E-state index contributed by atoms with van der Waals surface area (Å²) in [5.41, 5.74) is 10.1. The van der Waals surface area contributed by atoms with E-state index >= 15 is 0 Å². The molecule has 0 aromatic carbocycles. The summed E-state index contributed by atoms with van der Waals surface area (Å²) in [6, 6.07) is 0. The molecule has 0 radical (unpaired) electrons. The summed E-state index contributed by atoms with van der Waals surface area (Å²) < 4.78 is 12.2. The predicted molar refractivity (Wildman–Crippen MR) is 105 cm³/mol. The Morgan fingerprint density at radius 1 is 1.16 bits per heavy atom. The lowest BCUT2D eigenvalue weighted by atomic mass is 10.1. The number of carbonyl (C=O) groups excluding carboxylic acids is 1. The zero-order chi connectivity index (χ0) is 19.5. The van der Waals surface area contributed by atoms with Gasteiger partial charge in [0.2, 0.25) is 5.78 Å². The number of rotatable bonds is 14. The van der Waals surface area contributed by atoms with E-state index in [4.69, 9.17) is 14.7 Å². The fourth-order valence-corrected chi connectivity index (χ4v) is 9.35. The molecule has 0 aliphatic carbocycles. The van der Waals surface area contributed by atoms with Gasteiger partial charge in [0, 0.05) is 13.0 Å². The predicted octanol–water partition coefficient (Wildman–Crippen LogP) is 4.79. The molecule has 1 atom stereocenters. The van der Waals surface area contributed by atoms with E-state index in [1.165, 1.54) is 0 Å². The zero-order valence-electron chi connectivity index (χ0n) is 16.8. The highest BCUT2D eigenvalue weighted by Gasteiger charge is 2.44. The number of ketones is 1. The molecule has 0 aliphatic heterocycles. The van der Waals surface area contributed by atoms with E-state index < -0.39 is 8.32 Å². The fraction of sp³-hybridized carbons (Fsp3) is 0.789. The summed E-state index contributed by atoms with van der Waals surface area (Å²) in [5, 5.41) is 0. The summed E-state index contributed by atoms with van der Waals surface area (Å²) in [6.07, 6.45) is 4.17. The van der Waals surface area contributed by atoms with Gasteiger partial charge in [-0.05, 0) is 29.5 Å². The minimum Gasteiger partial charge on any atom is -0.416 e. The summed E-state index contributed by atoms with van der Waals surface area (Å²) in [6.45, 7) is 18.4. The van der Waals surface area contributed by atoms with Gasteiger partial charge in [-0.15, -0.1) is 6.58 Å². The van der Waals surface area contributed by atoms with Crippen molar-refractivity contribution in [2.24, 2.45) is 0 Å². The topological polar surface area (TPSA) is 71.9 Å². The molecule has 0 heterocycles. The van der Waals surface area contributed by atoms with Crippen molar-refractivity contribution in [3.05, 3.63) is 18.2 Å². The average molecular weight is 369 g/mol. The Hall–Kier alpha value is -1.07. The Kier molecular flexibility index (Phi) is 11.8. The third-order valence-electron chi connectivity index (χ3n) is 4.81. The van der Waals surface area contributed by atoms with E-state index in [1.54, 1.807) is 6.08 Å². The molecule has 0 aromatic rings. The van der Waals surface area contributed by atoms with Crippen LogP contribution in [0.5, 0.6) is 0 Å². The van der Waals surface area contributed by atoms with Gasteiger partial charge in [0.1, 0.15) is 0 Å². The number of carbonyl (C=O) groups is 1. The molecule has 144 valence electrons. The van der Waals surface area contributed by atoms with Gasteiger partial charge in [-0.1, -0.05) is 47.6 Å². The molecule has 0 saturated heterocycles. The van der Waals surface area contributed by atoms with Crippen molar-refractivity contribution in [1.29, 1.82) is 0 Å².